The second-order valence-electron chi connectivity index (χ2n) is 5.08. The normalized spacial score (nSPS) is 17.1. The van der Waals surface area contributed by atoms with E-state index >= 15 is 0 Å². The maximum absolute atomic E-state index is 11.9. The molecule has 102 valence electrons. The molecule has 3 rings (SSSR count). The molecular formula is C12H17N5O2. The molecule has 0 amide bonds. The summed E-state index contributed by atoms with van der Waals surface area (Å²) in [5.41, 5.74) is 0.150. The van der Waals surface area contributed by atoms with Crippen molar-refractivity contribution in [1.82, 2.24) is 24.4 Å². The van der Waals surface area contributed by atoms with Gasteiger partial charge in [0.2, 0.25) is 0 Å². The Labute approximate surface area is 109 Å². The predicted molar refractivity (Wildman–Crippen MR) is 71.2 cm³/mol. The van der Waals surface area contributed by atoms with E-state index in [0.29, 0.717) is 17.1 Å². The van der Waals surface area contributed by atoms with Crippen molar-refractivity contribution in [1.29, 1.82) is 0 Å². The Kier molecular flexibility index (Phi) is 2.98. The zero-order chi connectivity index (χ0) is 13.4. The van der Waals surface area contributed by atoms with Crippen molar-refractivity contribution in [2.45, 2.75) is 19.4 Å². The summed E-state index contributed by atoms with van der Waals surface area (Å²) < 4.78 is 3.24. The van der Waals surface area contributed by atoms with Crippen LogP contribution in [-0.2, 0) is 13.6 Å². The van der Waals surface area contributed by atoms with E-state index in [0.717, 1.165) is 32.5 Å². The number of rotatable bonds is 2. The van der Waals surface area contributed by atoms with Gasteiger partial charge < -0.3 is 9.88 Å². The van der Waals surface area contributed by atoms with Gasteiger partial charge in [0.05, 0.1) is 6.33 Å². The highest BCUT2D eigenvalue weighted by molar-refractivity contribution is 5.69. The summed E-state index contributed by atoms with van der Waals surface area (Å²) in [5.74, 6) is 0.551. The zero-order valence-electron chi connectivity index (χ0n) is 10.8. The summed E-state index contributed by atoms with van der Waals surface area (Å²) >= 11 is 0. The minimum absolute atomic E-state index is 0.357. The lowest BCUT2D eigenvalue weighted by atomic mass is 9.98. The first-order valence-electron chi connectivity index (χ1n) is 6.51. The molecule has 2 N–H and O–H groups in total. The molecule has 1 fully saturated rings. The summed E-state index contributed by atoms with van der Waals surface area (Å²) in [6, 6.07) is 0. The first-order chi connectivity index (χ1) is 9.16. The van der Waals surface area contributed by atoms with Gasteiger partial charge in [0, 0.05) is 13.6 Å². The van der Waals surface area contributed by atoms with Gasteiger partial charge in [-0.1, -0.05) is 0 Å². The van der Waals surface area contributed by atoms with Crippen LogP contribution >= 0.6 is 0 Å². The van der Waals surface area contributed by atoms with E-state index in [9.17, 15) is 9.59 Å². The van der Waals surface area contributed by atoms with Gasteiger partial charge in [-0.2, -0.15) is 0 Å². The topological polar surface area (TPSA) is 84.7 Å². The summed E-state index contributed by atoms with van der Waals surface area (Å²) in [6.45, 7) is 2.82. The van der Waals surface area contributed by atoms with Gasteiger partial charge in [0.15, 0.2) is 11.2 Å². The molecule has 0 aromatic carbocycles. The molecule has 2 aromatic rings. The monoisotopic (exact) mass is 263 g/mol. The van der Waals surface area contributed by atoms with Crippen molar-refractivity contribution in [3.05, 3.63) is 27.2 Å². The number of H-pyrrole nitrogens is 1. The predicted octanol–water partition coefficient (Wildman–Crippen LogP) is -0.577. The number of aromatic amines is 1. The van der Waals surface area contributed by atoms with Gasteiger partial charge in [0.1, 0.15) is 0 Å². The minimum atomic E-state index is -0.426. The van der Waals surface area contributed by atoms with Crippen LogP contribution in [0.3, 0.4) is 0 Å². The third-order valence-corrected chi connectivity index (χ3v) is 3.79. The average Bonchev–Trinajstić information content (AvgIpc) is 2.82. The molecule has 1 saturated heterocycles. The van der Waals surface area contributed by atoms with Crippen LogP contribution in [-0.4, -0.2) is 32.2 Å². The molecule has 1 aliphatic heterocycles. The second kappa shape index (κ2) is 4.65. The average molecular weight is 263 g/mol. The number of fused-ring (bicyclic) bond motifs is 1. The zero-order valence-corrected chi connectivity index (χ0v) is 10.8. The molecule has 7 heteroatoms. The van der Waals surface area contributed by atoms with Crippen LogP contribution in [0.2, 0.25) is 0 Å². The second-order valence-corrected chi connectivity index (χ2v) is 5.08. The van der Waals surface area contributed by atoms with E-state index in [-0.39, 0.29) is 5.56 Å². The number of nitrogens with zero attached hydrogens (tertiary/aromatic N) is 3. The lowest BCUT2D eigenvalue weighted by Crippen LogP contribution is -2.31. The molecule has 3 heterocycles. The Hall–Kier alpha value is -1.89. The maximum atomic E-state index is 11.9. The number of nitrogens with one attached hydrogen (secondary N) is 2. The first-order valence-corrected chi connectivity index (χ1v) is 6.51. The highest BCUT2D eigenvalue weighted by atomic mass is 16.2. The highest BCUT2D eigenvalue weighted by Gasteiger charge is 2.17. The van der Waals surface area contributed by atoms with Crippen LogP contribution in [0.15, 0.2) is 15.9 Å². The van der Waals surface area contributed by atoms with E-state index in [4.69, 9.17) is 0 Å². The molecule has 0 aliphatic carbocycles. The summed E-state index contributed by atoms with van der Waals surface area (Å²) in [5, 5.41) is 3.32. The van der Waals surface area contributed by atoms with Gasteiger partial charge in [-0.3, -0.25) is 14.3 Å². The molecule has 0 atom stereocenters. The number of imidazole rings is 1. The number of hydrogen-bond donors (Lipinski definition) is 2. The van der Waals surface area contributed by atoms with E-state index in [1.807, 2.05) is 4.57 Å². The Morgan fingerprint density at radius 1 is 1.37 bits per heavy atom. The van der Waals surface area contributed by atoms with Gasteiger partial charge in [-0.25, -0.2) is 9.78 Å². The van der Waals surface area contributed by atoms with E-state index < -0.39 is 5.69 Å². The number of hydrogen-bond acceptors (Lipinski definition) is 4. The summed E-state index contributed by atoms with van der Waals surface area (Å²) in [7, 11) is 1.61. The molecule has 0 radical (unpaired) electrons. The molecule has 1 aliphatic rings. The number of aryl methyl sites for hydroxylation is 1. The molecule has 0 bridgehead atoms. The van der Waals surface area contributed by atoms with Crippen LogP contribution in [0.25, 0.3) is 11.2 Å². The molecule has 0 saturated carbocycles. The molecule has 19 heavy (non-hydrogen) atoms. The first kappa shape index (κ1) is 12.2. The third kappa shape index (κ3) is 2.10. The van der Waals surface area contributed by atoms with Crippen molar-refractivity contribution < 1.29 is 0 Å². The number of piperidine rings is 1. The largest absolute Gasteiger partial charge is 0.329 e. The van der Waals surface area contributed by atoms with Gasteiger partial charge in [0.25, 0.3) is 5.56 Å². The van der Waals surface area contributed by atoms with Crippen molar-refractivity contribution in [2.24, 2.45) is 13.0 Å². The lowest BCUT2D eigenvalue weighted by molar-refractivity contribution is 0.336. The van der Waals surface area contributed by atoms with Gasteiger partial charge in [-0.05, 0) is 31.8 Å². The van der Waals surface area contributed by atoms with Crippen LogP contribution in [0.1, 0.15) is 12.8 Å². The van der Waals surface area contributed by atoms with Crippen LogP contribution in [0.5, 0.6) is 0 Å². The minimum Gasteiger partial charge on any atom is -0.324 e. The van der Waals surface area contributed by atoms with E-state index in [1.54, 1.807) is 13.4 Å². The highest BCUT2D eigenvalue weighted by Crippen LogP contribution is 2.16. The van der Waals surface area contributed by atoms with Crippen LogP contribution < -0.4 is 16.6 Å². The fourth-order valence-electron chi connectivity index (χ4n) is 2.67. The molecule has 0 spiro atoms. The van der Waals surface area contributed by atoms with Crippen molar-refractivity contribution in [3.8, 4) is 0 Å². The molecule has 0 unspecified atom stereocenters. The fraction of sp³-hybridized carbons (Fsp3) is 0.583. The standard InChI is InChI=1S/C12H17N5O2/c1-16-10-9(11(18)15-12(16)19)17(7-14-10)6-8-2-4-13-5-3-8/h7-8,13H,2-6H2,1H3,(H,15,18,19). The Morgan fingerprint density at radius 2 is 2.11 bits per heavy atom. The molecule has 2 aromatic heterocycles. The van der Waals surface area contributed by atoms with Gasteiger partial charge in [-0.15, -0.1) is 0 Å². The van der Waals surface area contributed by atoms with E-state index in [1.165, 1.54) is 4.57 Å². The summed E-state index contributed by atoms with van der Waals surface area (Å²) in [4.78, 5) is 30.0. The van der Waals surface area contributed by atoms with Crippen molar-refractivity contribution >= 4 is 11.2 Å². The smallest absolute Gasteiger partial charge is 0.324 e. The quantitative estimate of drug-likeness (QED) is 0.759. The SMILES string of the molecule is Cn1c(=O)[nH]c(=O)c2c1ncn2CC1CCNCC1. The Balaban J connectivity index is 2.03. The van der Waals surface area contributed by atoms with Gasteiger partial charge >= 0.3 is 5.69 Å². The van der Waals surface area contributed by atoms with E-state index in [2.05, 4.69) is 15.3 Å². The number of aromatic nitrogens is 4. The molecular weight excluding hydrogens is 246 g/mol. The maximum Gasteiger partial charge on any atom is 0.329 e. The van der Waals surface area contributed by atoms with Crippen molar-refractivity contribution in [2.75, 3.05) is 13.1 Å². The summed E-state index contributed by atoms with van der Waals surface area (Å²) in [6.07, 6.45) is 3.86. The van der Waals surface area contributed by atoms with Crippen LogP contribution in [0.4, 0.5) is 0 Å². The Bertz CT molecular complexity index is 705. The third-order valence-electron chi connectivity index (χ3n) is 3.79. The Morgan fingerprint density at radius 3 is 2.84 bits per heavy atom. The fourth-order valence-corrected chi connectivity index (χ4v) is 2.67. The molecule has 7 nitrogen and oxygen atoms in total. The van der Waals surface area contributed by atoms with Crippen LogP contribution in [0, 0.1) is 5.92 Å². The lowest BCUT2D eigenvalue weighted by Gasteiger charge is -2.22. The van der Waals surface area contributed by atoms with Crippen molar-refractivity contribution in [3.63, 3.8) is 0 Å².